The van der Waals surface area contributed by atoms with Gasteiger partial charge in [-0.2, -0.15) is 9.57 Å². The van der Waals surface area contributed by atoms with Crippen LogP contribution in [-0.2, 0) is 19.6 Å². The van der Waals surface area contributed by atoms with Crippen LogP contribution >= 0.6 is 15.9 Å². The van der Waals surface area contributed by atoms with Crippen molar-refractivity contribution in [2.45, 2.75) is 10.8 Å². The van der Waals surface area contributed by atoms with Crippen molar-refractivity contribution in [2.75, 3.05) is 20.2 Å². The molecule has 2 atom stereocenters. The second kappa shape index (κ2) is 7.80. The molecule has 1 fully saturated rings. The minimum absolute atomic E-state index is 0.0342. The fourth-order valence-electron chi connectivity index (χ4n) is 3.29. The van der Waals surface area contributed by atoms with Gasteiger partial charge in [-0.25, -0.2) is 8.42 Å². The first-order chi connectivity index (χ1) is 12.9. The fourth-order valence-corrected chi connectivity index (χ4v) is 5.04. The van der Waals surface area contributed by atoms with Crippen molar-refractivity contribution in [2.24, 2.45) is 5.92 Å². The number of nitrogens with zero attached hydrogens (tertiary/aromatic N) is 2. The van der Waals surface area contributed by atoms with Gasteiger partial charge in [0.15, 0.2) is 0 Å². The molecule has 2 aromatic carbocycles. The van der Waals surface area contributed by atoms with Crippen molar-refractivity contribution in [1.82, 2.24) is 4.31 Å². The van der Waals surface area contributed by atoms with E-state index in [4.69, 9.17) is 10.00 Å². The van der Waals surface area contributed by atoms with Gasteiger partial charge in [0.05, 0.1) is 29.6 Å². The molecule has 6 nitrogen and oxygen atoms in total. The van der Waals surface area contributed by atoms with Gasteiger partial charge in [0, 0.05) is 23.5 Å². The Kier molecular flexibility index (Phi) is 5.65. The summed E-state index contributed by atoms with van der Waals surface area (Å²) in [7, 11) is -2.46. The lowest BCUT2D eigenvalue weighted by Crippen LogP contribution is -2.30. The summed E-state index contributed by atoms with van der Waals surface area (Å²) in [5.74, 6) is -1.47. The summed E-state index contributed by atoms with van der Waals surface area (Å²) >= 11 is 3.29. The molecule has 2 aromatic rings. The molecule has 1 aliphatic rings. The second-order valence-corrected chi connectivity index (χ2v) is 9.10. The third-order valence-corrected chi connectivity index (χ3v) is 7.06. The molecule has 0 unspecified atom stereocenters. The molecule has 0 spiro atoms. The first-order valence-electron chi connectivity index (χ1n) is 8.20. The molecule has 1 aliphatic heterocycles. The fraction of sp³-hybridized carbons (Fsp3) is 0.263. The van der Waals surface area contributed by atoms with E-state index in [1.165, 1.54) is 23.5 Å². The second-order valence-electron chi connectivity index (χ2n) is 6.25. The van der Waals surface area contributed by atoms with Crippen LogP contribution in [0.5, 0.6) is 0 Å². The number of esters is 1. The molecule has 0 N–H and O–H groups in total. The largest absolute Gasteiger partial charge is 0.469 e. The summed E-state index contributed by atoms with van der Waals surface area (Å²) in [6.45, 7) is 0.180. The van der Waals surface area contributed by atoms with E-state index < -0.39 is 21.9 Å². The number of hydrogen-bond donors (Lipinski definition) is 0. The zero-order valence-electron chi connectivity index (χ0n) is 14.5. The summed E-state index contributed by atoms with van der Waals surface area (Å²) in [6.07, 6.45) is 0. The number of nitriles is 1. The Morgan fingerprint density at radius 2 is 1.93 bits per heavy atom. The highest BCUT2D eigenvalue weighted by molar-refractivity contribution is 9.10. The monoisotopic (exact) mass is 448 g/mol. The van der Waals surface area contributed by atoms with E-state index in [0.29, 0.717) is 5.56 Å². The summed E-state index contributed by atoms with van der Waals surface area (Å²) < 4.78 is 33.0. The number of halogens is 1. The van der Waals surface area contributed by atoms with Gasteiger partial charge in [-0.15, -0.1) is 0 Å². The minimum Gasteiger partial charge on any atom is -0.469 e. The number of hydrogen-bond acceptors (Lipinski definition) is 5. The van der Waals surface area contributed by atoms with Crippen LogP contribution in [0.3, 0.4) is 0 Å². The van der Waals surface area contributed by atoms with Crippen LogP contribution in [0.4, 0.5) is 0 Å². The molecular formula is C19H17BrN2O4S. The summed E-state index contributed by atoms with van der Waals surface area (Å²) in [5.41, 5.74) is 1.21. The van der Waals surface area contributed by atoms with Crippen LogP contribution in [0.1, 0.15) is 17.0 Å². The first-order valence-corrected chi connectivity index (χ1v) is 10.4. The molecule has 3 rings (SSSR count). The van der Waals surface area contributed by atoms with Crippen molar-refractivity contribution in [3.63, 3.8) is 0 Å². The van der Waals surface area contributed by atoms with Crippen molar-refractivity contribution in [3.05, 3.63) is 64.1 Å². The highest BCUT2D eigenvalue weighted by Gasteiger charge is 2.44. The number of benzene rings is 2. The number of methoxy groups -OCH3 is 1. The van der Waals surface area contributed by atoms with Gasteiger partial charge in [0.25, 0.3) is 0 Å². The average molecular weight is 449 g/mol. The van der Waals surface area contributed by atoms with Crippen molar-refractivity contribution in [1.29, 1.82) is 5.26 Å². The van der Waals surface area contributed by atoms with E-state index >= 15 is 0 Å². The Bertz CT molecular complexity index is 999. The molecule has 0 saturated carbocycles. The minimum atomic E-state index is -3.75. The van der Waals surface area contributed by atoms with E-state index in [0.717, 1.165) is 10.0 Å². The lowest BCUT2D eigenvalue weighted by Gasteiger charge is -2.17. The third kappa shape index (κ3) is 3.90. The Morgan fingerprint density at radius 3 is 2.56 bits per heavy atom. The molecule has 1 heterocycles. The molecule has 8 heteroatoms. The van der Waals surface area contributed by atoms with E-state index in [1.807, 2.05) is 0 Å². The SMILES string of the molecule is COC(=O)[C@@H]1CN(S(=O)(=O)c2ccc(Br)cc2)C[C@H]1c1cccc(C#N)c1. The van der Waals surface area contributed by atoms with E-state index in [2.05, 4.69) is 22.0 Å². The highest BCUT2D eigenvalue weighted by atomic mass is 79.9. The molecule has 0 amide bonds. The molecule has 27 heavy (non-hydrogen) atoms. The molecule has 1 saturated heterocycles. The molecular weight excluding hydrogens is 432 g/mol. The predicted octanol–water partition coefficient (Wildman–Crippen LogP) is 2.90. The normalized spacial score (nSPS) is 20.2. The van der Waals surface area contributed by atoms with Gasteiger partial charge < -0.3 is 4.74 Å². The Balaban J connectivity index is 1.97. The lowest BCUT2D eigenvalue weighted by molar-refractivity contribution is -0.145. The van der Waals surface area contributed by atoms with E-state index in [-0.39, 0.29) is 23.9 Å². The van der Waals surface area contributed by atoms with Crippen molar-refractivity contribution in [3.8, 4) is 6.07 Å². The lowest BCUT2D eigenvalue weighted by atomic mass is 9.88. The predicted molar refractivity (Wildman–Crippen MR) is 102 cm³/mol. The maximum atomic E-state index is 13.0. The third-order valence-electron chi connectivity index (χ3n) is 4.69. The van der Waals surface area contributed by atoms with E-state index in [1.54, 1.807) is 36.4 Å². The molecule has 0 bridgehead atoms. The van der Waals surface area contributed by atoms with Gasteiger partial charge in [-0.05, 0) is 42.0 Å². The van der Waals surface area contributed by atoms with Gasteiger partial charge in [-0.1, -0.05) is 28.1 Å². The van der Waals surface area contributed by atoms with Crippen LogP contribution in [0.25, 0.3) is 0 Å². The molecule has 0 aromatic heterocycles. The Hall–Kier alpha value is -2.21. The standard InChI is InChI=1S/C19H17BrN2O4S/c1-26-19(23)18-12-22(27(24,25)16-7-5-15(20)6-8-16)11-17(18)14-4-2-3-13(9-14)10-21/h2-9,17-18H,11-12H2,1H3/t17-,18+/m0/s1. The van der Waals surface area contributed by atoms with Crippen LogP contribution in [0.2, 0.25) is 0 Å². The Morgan fingerprint density at radius 1 is 1.22 bits per heavy atom. The molecule has 0 aliphatic carbocycles. The Labute approximate surface area is 166 Å². The summed E-state index contributed by atoms with van der Waals surface area (Å²) in [6, 6.07) is 15.3. The molecule has 140 valence electrons. The quantitative estimate of drug-likeness (QED) is 0.670. The average Bonchev–Trinajstić information content (AvgIpc) is 3.14. The maximum absolute atomic E-state index is 13.0. The van der Waals surface area contributed by atoms with Crippen molar-refractivity contribution >= 4 is 31.9 Å². The van der Waals surface area contributed by atoms with Gasteiger partial charge in [0.2, 0.25) is 10.0 Å². The maximum Gasteiger partial charge on any atom is 0.310 e. The first kappa shape index (κ1) is 19.5. The van der Waals surface area contributed by atoms with Crippen LogP contribution in [-0.4, -0.2) is 38.9 Å². The number of sulfonamides is 1. The van der Waals surface area contributed by atoms with E-state index in [9.17, 15) is 13.2 Å². The van der Waals surface area contributed by atoms with Crippen LogP contribution in [0.15, 0.2) is 57.9 Å². The van der Waals surface area contributed by atoms with Gasteiger partial charge >= 0.3 is 5.97 Å². The zero-order valence-corrected chi connectivity index (χ0v) is 16.9. The van der Waals surface area contributed by atoms with Gasteiger partial charge in [-0.3, -0.25) is 4.79 Å². The summed E-state index contributed by atoms with van der Waals surface area (Å²) in [4.78, 5) is 12.5. The number of carbonyl (C=O) groups is 1. The molecule has 0 radical (unpaired) electrons. The van der Waals surface area contributed by atoms with Crippen molar-refractivity contribution < 1.29 is 17.9 Å². The van der Waals surface area contributed by atoms with Crippen LogP contribution in [0, 0.1) is 17.2 Å². The smallest absolute Gasteiger partial charge is 0.310 e. The highest BCUT2D eigenvalue weighted by Crippen LogP contribution is 2.36. The topological polar surface area (TPSA) is 87.5 Å². The number of carbonyl (C=O) groups excluding carboxylic acids is 1. The van der Waals surface area contributed by atoms with Gasteiger partial charge in [0.1, 0.15) is 0 Å². The van der Waals surface area contributed by atoms with Crippen LogP contribution < -0.4 is 0 Å². The summed E-state index contributed by atoms with van der Waals surface area (Å²) in [5, 5.41) is 9.13. The number of ether oxygens (including phenoxy) is 1. The zero-order chi connectivity index (χ0) is 19.6. The number of rotatable bonds is 4.